The topological polar surface area (TPSA) is 29.5 Å². The van der Waals surface area contributed by atoms with E-state index in [4.69, 9.17) is 16.3 Å². The van der Waals surface area contributed by atoms with Crippen molar-refractivity contribution in [2.75, 3.05) is 7.11 Å². The number of methoxy groups -OCH3 is 1. The molecule has 14 heavy (non-hydrogen) atoms. The van der Waals surface area contributed by atoms with Gasteiger partial charge in [0.1, 0.15) is 5.75 Å². The van der Waals surface area contributed by atoms with Crippen LogP contribution in [-0.4, -0.2) is 12.2 Å². The van der Waals surface area contributed by atoms with Crippen LogP contribution in [0.4, 0.5) is 0 Å². The molecule has 1 saturated carbocycles. The van der Waals surface area contributed by atoms with E-state index in [1.807, 2.05) is 12.1 Å². The first-order valence-electron chi connectivity index (χ1n) is 4.74. The summed E-state index contributed by atoms with van der Waals surface area (Å²) in [5.74, 6) is 1.06. The molecule has 1 aromatic carbocycles. The molecule has 0 spiro atoms. The van der Waals surface area contributed by atoms with Crippen LogP contribution in [0.2, 0.25) is 5.02 Å². The first-order valence-corrected chi connectivity index (χ1v) is 5.11. The van der Waals surface area contributed by atoms with E-state index >= 15 is 0 Å². The molecule has 0 radical (unpaired) electrons. The van der Waals surface area contributed by atoms with Crippen molar-refractivity contribution in [1.82, 2.24) is 0 Å². The van der Waals surface area contributed by atoms with Crippen molar-refractivity contribution >= 4 is 11.6 Å². The molecular formula is C11H13ClO2. The molecule has 0 aliphatic heterocycles. The molecule has 2 nitrogen and oxygen atoms in total. The summed E-state index contributed by atoms with van der Waals surface area (Å²) < 4.78 is 5.09. The van der Waals surface area contributed by atoms with Gasteiger partial charge in [0.2, 0.25) is 0 Å². The zero-order valence-electron chi connectivity index (χ0n) is 8.03. The second kappa shape index (κ2) is 3.79. The monoisotopic (exact) mass is 212 g/mol. The Kier molecular flexibility index (Phi) is 2.66. The largest absolute Gasteiger partial charge is 0.495 e. The average molecular weight is 213 g/mol. The lowest BCUT2D eigenvalue weighted by Gasteiger charge is -2.11. The average Bonchev–Trinajstić information content (AvgIpc) is 3.01. The maximum absolute atomic E-state index is 9.87. The van der Waals surface area contributed by atoms with E-state index in [-0.39, 0.29) is 6.10 Å². The standard InChI is InChI=1S/C11H13ClO2/c1-14-10-6-8(4-5-9(10)12)11(13)7-2-3-7/h4-7,11,13H,2-3H2,1H3. The Morgan fingerprint density at radius 1 is 1.50 bits per heavy atom. The Morgan fingerprint density at radius 2 is 2.21 bits per heavy atom. The molecule has 0 amide bonds. The molecule has 76 valence electrons. The molecule has 1 N–H and O–H groups in total. The van der Waals surface area contributed by atoms with Gasteiger partial charge in [-0.1, -0.05) is 17.7 Å². The van der Waals surface area contributed by atoms with Gasteiger partial charge < -0.3 is 9.84 Å². The fourth-order valence-electron chi connectivity index (χ4n) is 1.54. The number of halogens is 1. The molecule has 0 heterocycles. The van der Waals surface area contributed by atoms with Gasteiger partial charge in [-0.2, -0.15) is 0 Å². The summed E-state index contributed by atoms with van der Waals surface area (Å²) in [4.78, 5) is 0. The second-order valence-electron chi connectivity index (χ2n) is 3.68. The molecule has 1 fully saturated rings. The SMILES string of the molecule is COc1cc(C(O)C2CC2)ccc1Cl. The highest BCUT2D eigenvalue weighted by Crippen LogP contribution is 2.42. The first-order chi connectivity index (χ1) is 6.72. The minimum absolute atomic E-state index is 0.360. The van der Waals surface area contributed by atoms with E-state index < -0.39 is 0 Å². The Labute approximate surface area is 88.5 Å². The maximum Gasteiger partial charge on any atom is 0.137 e. The minimum Gasteiger partial charge on any atom is -0.495 e. The number of rotatable bonds is 3. The van der Waals surface area contributed by atoms with Crippen molar-refractivity contribution < 1.29 is 9.84 Å². The van der Waals surface area contributed by atoms with E-state index in [2.05, 4.69) is 0 Å². The molecule has 0 saturated heterocycles. The molecule has 2 rings (SSSR count). The number of aliphatic hydroxyl groups excluding tert-OH is 1. The molecule has 0 aromatic heterocycles. The van der Waals surface area contributed by atoms with E-state index in [9.17, 15) is 5.11 Å². The minimum atomic E-state index is -0.360. The summed E-state index contributed by atoms with van der Waals surface area (Å²) in [5, 5.41) is 10.5. The van der Waals surface area contributed by atoms with Crippen LogP contribution in [0.3, 0.4) is 0 Å². The Balaban J connectivity index is 2.25. The second-order valence-corrected chi connectivity index (χ2v) is 4.08. The normalized spacial score (nSPS) is 17.9. The fourth-order valence-corrected chi connectivity index (χ4v) is 1.74. The molecule has 1 atom stereocenters. The Morgan fingerprint density at radius 3 is 2.79 bits per heavy atom. The molecule has 1 aliphatic rings. The number of benzene rings is 1. The fraction of sp³-hybridized carbons (Fsp3) is 0.455. The van der Waals surface area contributed by atoms with Crippen molar-refractivity contribution in [3.8, 4) is 5.75 Å². The quantitative estimate of drug-likeness (QED) is 0.835. The van der Waals surface area contributed by atoms with Gasteiger partial charge in [-0.3, -0.25) is 0 Å². The first kappa shape index (κ1) is 9.81. The third kappa shape index (κ3) is 1.86. The van der Waals surface area contributed by atoms with Crippen LogP contribution >= 0.6 is 11.6 Å². The number of aliphatic hydroxyl groups is 1. The maximum atomic E-state index is 9.87. The van der Waals surface area contributed by atoms with E-state index in [0.717, 1.165) is 18.4 Å². The highest BCUT2D eigenvalue weighted by atomic mass is 35.5. The van der Waals surface area contributed by atoms with Crippen molar-refractivity contribution in [2.45, 2.75) is 18.9 Å². The Hall–Kier alpha value is -0.730. The lowest BCUT2D eigenvalue weighted by atomic mass is 10.1. The van der Waals surface area contributed by atoms with Gasteiger partial charge in [-0.25, -0.2) is 0 Å². The van der Waals surface area contributed by atoms with Crippen molar-refractivity contribution in [3.63, 3.8) is 0 Å². The summed E-state index contributed by atoms with van der Waals surface area (Å²) in [6.45, 7) is 0. The van der Waals surface area contributed by atoms with Gasteiger partial charge in [0.05, 0.1) is 18.2 Å². The summed E-state index contributed by atoms with van der Waals surface area (Å²) in [7, 11) is 1.58. The third-order valence-electron chi connectivity index (χ3n) is 2.59. The van der Waals surface area contributed by atoms with E-state index in [0.29, 0.717) is 16.7 Å². The highest BCUT2D eigenvalue weighted by Gasteiger charge is 2.30. The van der Waals surface area contributed by atoms with Gasteiger partial charge in [0, 0.05) is 0 Å². The van der Waals surface area contributed by atoms with Crippen LogP contribution in [0.1, 0.15) is 24.5 Å². The number of hydrogen-bond donors (Lipinski definition) is 1. The summed E-state index contributed by atoms with van der Waals surface area (Å²) in [5.41, 5.74) is 0.897. The number of ether oxygens (including phenoxy) is 1. The molecule has 0 bridgehead atoms. The van der Waals surface area contributed by atoms with Crippen LogP contribution in [0.15, 0.2) is 18.2 Å². The predicted molar refractivity (Wildman–Crippen MR) is 55.7 cm³/mol. The van der Waals surface area contributed by atoms with E-state index in [1.54, 1.807) is 13.2 Å². The lowest BCUT2D eigenvalue weighted by molar-refractivity contribution is 0.153. The molecule has 1 unspecified atom stereocenters. The van der Waals surface area contributed by atoms with Gasteiger partial charge >= 0.3 is 0 Å². The molecule has 3 heteroatoms. The van der Waals surface area contributed by atoms with Crippen LogP contribution in [0, 0.1) is 5.92 Å². The predicted octanol–water partition coefficient (Wildman–Crippen LogP) is 2.79. The zero-order valence-corrected chi connectivity index (χ0v) is 8.79. The van der Waals surface area contributed by atoms with Crippen molar-refractivity contribution in [2.24, 2.45) is 5.92 Å². The summed E-state index contributed by atoms with van der Waals surface area (Å²) in [6, 6.07) is 5.43. The molecular weight excluding hydrogens is 200 g/mol. The summed E-state index contributed by atoms with van der Waals surface area (Å²) >= 11 is 5.89. The van der Waals surface area contributed by atoms with Gasteiger partial charge in [-0.15, -0.1) is 0 Å². The van der Waals surface area contributed by atoms with E-state index in [1.165, 1.54) is 0 Å². The Bertz CT molecular complexity index is 334. The van der Waals surface area contributed by atoms with Gasteiger partial charge in [0.15, 0.2) is 0 Å². The smallest absolute Gasteiger partial charge is 0.137 e. The van der Waals surface area contributed by atoms with Crippen LogP contribution in [0.5, 0.6) is 5.75 Å². The van der Waals surface area contributed by atoms with Crippen molar-refractivity contribution in [1.29, 1.82) is 0 Å². The van der Waals surface area contributed by atoms with Gasteiger partial charge in [-0.05, 0) is 36.5 Å². The number of hydrogen-bond acceptors (Lipinski definition) is 2. The summed E-state index contributed by atoms with van der Waals surface area (Å²) in [6.07, 6.45) is 1.87. The van der Waals surface area contributed by atoms with Crippen LogP contribution < -0.4 is 4.74 Å². The van der Waals surface area contributed by atoms with Gasteiger partial charge in [0.25, 0.3) is 0 Å². The van der Waals surface area contributed by atoms with Crippen LogP contribution in [-0.2, 0) is 0 Å². The molecule has 1 aromatic rings. The highest BCUT2D eigenvalue weighted by molar-refractivity contribution is 6.32. The zero-order chi connectivity index (χ0) is 10.1. The third-order valence-corrected chi connectivity index (χ3v) is 2.90. The van der Waals surface area contributed by atoms with Crippen LogP contribution in [0.25, 0.3) is 0 Å². The lowest BCUT2D eigenvalue weighted by Crippen LogP contribution is -1.99. The van der Waals surface area contributed by atoms with Crippen molar-refractivity contribution in [3.05, 3.63) is 28.8 Å². The molecule has 1 aliphatic carbocycles.